The molecule has 0 radical (unpaired) electrons. The number of hydrogen-bond donors (Lipinski definition) is 0. The predicted octanol–water partition coefficient (Wildman–Crippen LogP) is 6.26. The van der Waals surface area contributed by atoms with E-state index in [1.807, 2.05) is 40.7 Å². The van der Waals surface area contributed by atoms with E-state index < -0.39 is 4.92 Å². The standard InChI is InChI=1S/C23H24Br2N4O4/c1-13(2)21-27-18-7-6-15(24)9-17(18)22(30)28(21)26-11-14-8-16(25)10-19(29(31)32)20(14)33-12-23(3,4)5/h6-11,13H,12H2,1-5H3. The lowest BCUT2D eigenvalue weighted by atomic mass is 9.98. The monoisotopic (exact) mass is 578 g/mol. The minimum atomic E-state index is -0.499. The van der Waals surface area contributed by atoms with Crippen LogP contribution in [0.25, 0.3) is 10.9 Å². The number of nitro benzene ring substituents is 1. The van der Waals surface area contributed by atoms with Crippen molar-refractivity contribution in [2.75, 3.05) is 6.61 Å². The van der Waals surface area contributed by atoms with Crippen LogP contribution in [0.2, 0.25) is 0 Å². The number of halogens is 2. The van der Waals surface area contributed by atoms with Crippen molar-refractivity contribution in [1.82, 2.24) is 9.66 Å². The molecule has 3 aromatic rings. The number of aromatic nitrogens is 2. The van der Waals surface area contributed by atoms with Crippen LogP contribution in [0.5, 0.6) is 5.75 Å². The molecule has 0 aliphatic rings. The molecule has 0 aliphatic carbocycles. The Hall–Kier alpha value is -2.59. The van der Waals surface area contributed by atoms with Crippen molar-refractivity contribution in [1.29, 1.82) is 0 Å². The van der Waals surface area contributed by atoms with Crippen LogP contribution in [0, 0.1) is 15.5 Å². The van der Waals surface area contributed by atoms with Crippen molar-refractivity contribution in [3.05, 3.63) is 71.1 Å². The molecule has 1 aromatic heterocycles. The van der Waals surface area contributed by atoms with E-state index in [0.29, 0.717) is 26.8 Å². The molecule has 3 rings (SSSR count). The maximum absolute atomic E-state index is 13.3. The molecule has 0 unspecified atom stereocenters. The number of nitro groups is 1. The SMILES string of the molecule is CC(C)c1nc2ccc(Br)cc2c(=O)n1N=Cc1cc(Br)cc([N+](=O)[O-])c1OCC(C)(C)C. The molecule has 0 saturated heterocycles. The molecule has 0 aliphatic heterocycles. The Morgan fingerprint density at radius 1 is 1.21 bits per heavy atom. The Balaban J connectivity index is 2.20. The lowest BCUT2D eigenvalue weighted by Gasteiger charge is -2.20. The van der Waals surface area contributed by atoms with Gasteiger partial charge < -0.3 is 4.74 Å². The molecule has 0 saturated carbocycles. The van der Waals surface area contributed by atoms with Crippen LogP contribution in [0.15, 0.2) is 49.2 Å². The molecule has 0 bridgehead atoms. The molecule has 8 nitrogen and oxygen atoms in total. The van der Waals surface area contributed by atoms with Gasteiger partial charge in [-0.1, -0.05) is 66.5 Å². The Morgan fingerprint density at radius 2 is 1.91 bits per heavy atom. The molecule has 1 heterocycles. The molecule has 0 amide bonds. The van der Waals surface area contributed by atoms with Gasteiger partial charge in [-0.15, -0.1) is 0 Å². The second-order valence-electron chi connectivity index (χ2n) is 9.10. The zero-order chi connectivity index (χ0) is 24.5. The van der Waals surface area contributed by atoms with Crippen LogP contribution in [-0.4, -0.2) is 27.4 Å². The van der Waals surface area contributed by atoms with Crippen molar-refractivity contribution in [3.63, 3.8) is 0 Å². The number of fused-ring (bicyclic) bond motifs is 1. The number of ether oxygens (including phenoxy) is 1. The van der Waals surface area contributed by atoms with Gasteiger partial charge in [0.15, 0.2) is 0 Å². The molecular formula is C23H24Br2N4O4. The topological polar surface area (TPSA) is 99.6 Å². The van der Waals surface area contributed by atoms with E-state index in [1.165, 1.54) is 17.0 Å². The number of nitrogens with zero attached hydrogens (tertiary/aromatic N) is 4. The molecular weight excluding hydrogens is 556 g/mol. The van der Waals surface area contributed by atoms with Crippen LogP contribution in [0.3, 0.4) is 0 Å². The van der Waals surface area contributed by atoms with Crippen LogP contribution >= 0.6 is 31.9 Å². The third-order valence-electron chi connectivity index (χ3n) is 4.57. The van der Waals surface area contributed by atoms with Crippen LogP contribution in [0.4, 0.5) is 5.69 Å². The van der Waals surface area contributed by atoms with E-state index in [4.69, 9.17) is 4.74 Å². The minimum Gasteiger partial charge on any atom is -0.486 e. The third kappa shape index (κ3) is 5.86. The Bertz CT molecular complexity index is 1310. The van der Waals surface area contributed by atoms with E-state index in [-0.39, 0.29) is 34.9 Å². The lowest BCUT2D eigenvalue weighted by molar-refractivity contribution is -0.386. The van der Waals surface area contributed by atoms with Crippen LogP contribution < -0.4 is 10.3 Å². The van der Waals surface area contributed by atoms with E-state index >= 15 is 0 Å². The van der Waals surface area contributed by atoms with Gasteiger partial charge in [-0.3, -0.25) is 14.9 Å². The fourth-order valence-corrected chi connectivity index (χ4v) is 3.87. The molecule has 0 atom stereocenters. The first kappa shape index (κ1) is 25.0. The summed E-state index contributed by atoms with van der Waals surface area (Å²) in [6.45, 7) is 10.0. The maximum atomic E-state index is 13.3. The van der Waals surface area contributed by atoms with Gasteiger partial charge in [0.25, 0.3) is 5.56 Å². The third-order valence-corrected chi connectivity index (χ3v) is 5.52. The Labute approximate surface area is 208 Å². The van der Waals surface area contributed by atoms with Gasteiger partial charge in [-0.05, 0) is 29.7 Å². The molecule has 2 aromatic carbocycles. The normalized spacial score (nSPS) is 12.1. The highest BCUT2D eigenvalue weighted by Crippen LogP contribution is 2.35. The molecule has 174 valence electrons. The second kappa shape index (κ2) is 9.72. The highest BCUT2D eigenvalue weighted by molar-refractivity contribution is 9.10. The zero-order valence-electron chi connectivity index (χ0n) is 18.9. The summed E-state index contributed by atoms with van der Waals surface area (Å²) in [4.78, 5) is 29.1. The fourth-order valence-electron chi connectivity index (χ4n) is 3.05. The Morgan fingerprint density at radius 3 is 2.52 bits per heavy atom. The first-order chi connectivity index (χ1) is 15.4. The summed E-state index contributed by atoms with van der Waals surface area (Å²) in [5.41, 5.74) is 0.212. The summed E-state index contributed by atoms with van der Waals surface area (Å²) in [5, 5.41) is 16.5. The summed E-state index contributed by atoms with van der Waals surface area (Å²) in [5.74, 6) is 0.488. The van der Waals surface area contributed by atoms with Crippen molar-refractivity contribution < 1.29 is 9.66 Å². The van der Waals surface area contributed by atoms with E-state index in [1.54, 1.807) is 18.2 Å². The lowest BCUT2D eigenvalue weighted by Crippen LogP contribution is -2.23. The Kier molecular flexibility index (Phi) is 7.38. The van der Waals surface area contributed by atoms with E-state index in [9.17, 15) is 14.9 Å². The first-order valence-corrected chi connectivity index (χ1v) is 11.8. The second-order valence-corrected chi connectivity index (χ2v) is 10.9. The highest BCUT2D eigenvalue weighted by atomic mass is 79.9. The van der Waals surface area contributed by atoms with Crippen LogP contribution in [-0.2, 0) is 0 Å². The number of rotatable bonds is 6. The fraction of sp³-hybridized carbons (Fsp3) is 0.348. The predicted molar refractivity (Wildman–Crippen MR) is 137 cm³/mol. The highest BCUT2D eigenvalue weighted by Gasteiger charge is 2.23. The summed E-state index contributed by atoms with van der Waals surface area (Å²) in [6.07, 6.45) is 1.40. The van der Waals surface area contributed by atoms with Crippen molar-refractivity contribution >= 4 is 54.7 Å². The van der Waals surface area contributed by atoms with Gasteiger partial charge in [0.1, 0.15) is 5.82 Å². The van der Waals surface area contributed by atoms with Gasteiger partial charge in [0.05, 0.1) is 28.6 Å². The van der Waals surface area contributed by atoms with E-state index in [0.717, 1.165) is 4.47 Å². The minimum absolute atomic E-state index is 0.0867. The summed E-state index contributed by atoms with van der Waals surface area (Å²) >= 11 is 6.70. The summed E-state index contributed by atoms with van der Waals surface area (Å²) in [7, 11) is 0. The van der Waals surface area contributed by atoms with Crippen molar-refractivity contribution in [2.24, 2.45) is 10.5 Å². The molecule has 0 fully saturated rings. The zero-order valence-corrected chi connectivity index (χ0v) is 22.1. The molecule has 0 N–H and O–H groups in total. The molecule has 0 spiro atoms. The van der Waals surface area contributed by atoms with Gasteiger partial charge in [-0.25, -0.2) is 4.98 Å². The first-order valence-electron chi connectivity index (χ1n) is 10.2. The van der Waals surface area contributed by atoms with Crippen molar-refractivity contribution in [3.8, 4) is 5.75 Å². The summed E-state index contributed by atoms with van der Waals surface area (Å²) < 4.78 is 8.35. The van der Waals surface area contributed by atoms with Crippen LogP contribution in [0.1, 0.15) is 51.9 Å². The maximum Gasteiger partial charge on any atom is 0.312 e. The smallest absolute Gasteiger partial charge is 0.312 e. The number of benzene rings is 2. The van der Waals surface area contributed by atoms with Gasteiger partial charge >= 0.3 is 5.69 Å². The molecule has 10 heteroatoms. The average Bonchev–Trinajstić information content (AvgIpc) is 2.71. The average molecular weight is 580 g/mol. The molecule has 33 heavy (non-hydrogen) atoms. The van der Waals surface area contributed by atoms with E-state index in [2.05, 4.69) is 41.9 Å². The van der Waals surface area contributed by atoms with Crippen molar-refractivity contribution in [2.45, 2.75) is 40.5 Å². The van der Waals surface area contributed by atoms with Gasteiger partial charge in [0.2, 0.25) is 5.75 Å². The summed E-state index contributed by atoms with van der Waals surface area (Å²) in [6, 6.07) is 8.35. The quantitative estimate of drug-likeness (QED) is 0.195. The van der Waals surface area contributed by atoms with Gasteiger partial charge in [0, 0.05) is 26.5 Å². The largest absolute Gasteiger partial charge is 0.486 e. The number of hydrogen-bond acceptors (Lipinski definition) is 6. The van der Waals surface area contributed by atoms with Gasteiger partial charge in [-0.2, -0.15) is 9.78 Å².